The van der Waals surface area contributed by atoms with Gasteiger partial charge < -0.3 is 0 Å². The van der Waals surface area contributed by atoms with Crippen LogP contribution in [0.5, 0.6) is 0 Å². The Labute approximate surface area is 115 Å². The number of carbonyl (C=O) groups excluding carboxylic acids is 1. The number of Topliss-reactive ketones (excluding diaryl/α,β-unsaturated/α-hetero) is 1. The summed E-state index contributed by atoms with van der Waals surface area (Å²) >= 11 is 0. The number of alkyl halides is 3. The number of rotatable bonds is 2. The minimum Gasteiger partial charge on any atom is -0.295 e. The van der Waals surface area contributed by atoms with Gasteiger partial charge in [-0.15, -0.1) is 0 Å². The first kappa shape index (κ1) is 14.3. The summed E-state index contributed by atoms with van der Waals surface area (Å²) in [5, 5.41) is 0. The Hall–Kier alpha value is -2.10. The van der Waals surface area contributed by atoms with Crippen molar-refractivity contribution in [1.82, 2.24) is 0 Å². The maximum atomic E-state index is 12.5. The number of hydrogen-bond donors (Lipinski definition) is 0. The highest BCUT2D eigenvalue weighted by molar-refractivity contribution is 5.96. The molecule has 0 radical (unpaired) electrons. The monoisotopic (exact) mass is 278 g/mol. The predicted molar refractivity (Wildman–Crippen MR) is 71.6 cm³/mol. The van der Waals surface area contributed by atoms with Crippen molar-refractivity contribution < 1.29 is 18.0 Å². The SMILES string of the molecule is CC(=O)c1cc(-c2ccc(C(F)(F)F)cc2)ccc1C. The van der Waals surface area contributed by atoms with Crippen LogP contribution < -0.4 is 0 Å². The highest BCUT2D eigenvalue weighted by Gasteiger charge is 2.29. The maximum absolute atomic E-state index is 12.5. The highest BCUT2D eigenvalue weighted by atomic mass is 19.4. The van der Waals surface area contributed by atoms with Gasteiger partial charge in [0.15, 0.2) is 5.78 Å². The summed E-state index contributed by atoms with van der Waals surface area (Å²) in [4.78, 5) is 11.5. The number of hydrogen-bond acceptors (Lipinski definition) is 1. The molecule has 0 saturated heterocycles. The van der Waals surface area contributed by atoms with Gasteiger partial charge in [0.1, 0.15) is 0 Å². The Kier molecular flexibility index (Phi) is 3.66. The van der Waals surface area contributed by atoms with Gasteiger partial charge in [-0.2, -0.15) is 13.2 Å². The lowest BCUT2D eigenvalue weighted by atomic mass is 9.97. The molecule has 20 heavy (non-hydrogen) atoms. The fraction of sp³-hybridized carbons (Fsp3) is 0.188. The van der Waals surface area contributed by atoms with Gasteiger partial charge in [0, 0.05) is 5.56 Å². The lowest BCUT2D eigenvalue weighted by Crippen LogP contribution is -2.04. The Morgan fingerprint density at radius 2 is 1.50 bits per heavy atom. The molecular weight excluding hydrogens is 265 g/mol. The Balaban J connectivity index is 2.42. The third-order valence-electron chi connectivity index (χ3n) is 3.16. The van der Waals surface area contributed by atoms with Gasteiger partial charge in [0.25, 0.3) is 0 Å². The molecule has 0 aliphatic heterocycles. The lowest BCUT2D eigenvalue weighted by Gasteiger charge is -2.09. The molecule has 0 amide bonds. The number of aryl methyl sites for hydroxylation is 1. The van der Waals surface area contributed by atoms with Gasteiger partial charge in [-0.1, -0.05) is 24.3 Å². The van der Waals surface area contributed by atoms with E-state index in [1.165, 1.54) is 19.1 Å². The van der Waals surface area contributed by atoms with E-state index in [2.05, 4.69) is 0 Å². The minimum atomic E-state index is -4.34. The molecule has 4 heteroatoms. The first-order valence-corrected chi connectivity index (χ1v) is 6.08. The second-order valence-electron chi connectivity index (χ2n) is 4.66. The standard InChI is InChI=1S/C16H13F3O/c1-10-3-4-13(9-15(10)11(2)20)12-5-7-14(8-6-12)16(17,18)19/h3-9H,1-2H3. The van der Waals surface area contributed by atoms with Crippen molar-refractivity contribution in [3.8, 4) is 11.1 Å². The summed E-state index contributed by atoms with van der Waals surface area (Å²) in [5.74, 6) is -0.0590. The first-order chi connectivity index (χ1) is 9.29. The normalized spacial score (nSPS) is 11.4. The molecule has 0 atom stereocenters. The molecule has 0 fully saturated rings. The third kappa shape index (κ3) is 2.90. The lowest BCUT2D eigenvalue weighted by molar-refractivity contribution is -0.137. The largest absolute Gasteiger partial charge is 0.416 e. The third-order valence-corrected chi connectivity index (χ3v) is 3.16. The fourth-order valence-electron chi connectivity index (χ4n) is 2.03. The van der Waals surface area contributed by atoms with Crippen LogP contribution in [-0.4, -0.2) is 5.78 Å². The topological polar surface area (TPSA) is 17.1 Å². The Bertz CT molecular complexity index is 640. The molecule has 2 aromatic carbocycles. The number of carbonyl (C=O) groups is 1. The van der Waals surface area contributed by atoms with E-state index in [1.54, 1.807) is 18.2 Å². The summed E-state index contributed by atoms with van der Waals surface area (Å²) in [6.45, 7) is 3.30. The summed E-state index contributed by atoms with van der Waals surface area (Å²) in [6, 6.07) is 10.2. The van der Waals surface area contributed by atoms with E-state index >= 15 is 0 Å². The zero-order valence-corrected chi connectivity index (χ0v) is 11.1. The molecule has 0 aliphatic carbocycles. The molecule has 0 aliphatic rings. The summed E-state index contributed by atoms with van der Waals surface area (Å²) < 4.78 is 37.5. The second kappa shape index (κ2) is 5.12. The van der Waals surface area contributed by atoms with Crippen LogP contribution in [0.25, 0.3) is 11.1 Å². The number of benzene rings is 2. The van der Waals surface area contributed by atoms with E-state index in [9.17, 15) is 18.0 Å². The van der Waals surface area contributed by atoms with Crippen molar-refractivity contribution in [2.24, 2.45) is 0 Å². The van der Waals surface area contributed by atoms with Crippen molar-refractivity contribution in [2.45, 2.75) is 20.0 Å². The molecule has 104 valence electrons. The van der Waals surface area contributed by atoms with Gasteiger partial charge in [0.05, 0.1) is 5.56 Å². The van der Waals surface area contributed by atoms with Crippen molar-refractivity contribution in [3.63, 3.8) is 0 Å². The van der Waals surface area contributed by atoms with Crippen molar-refractivity contribution in [1.29, 1.82) is 0 Å². The molecule has 2 rings (SSSR count). The highest BCUT2D eigenvalue weighted by Crippen LogP contribution is 2.31. The van der Waals surface area contributed by atoms with E-state index in [4.69, 9.17) is 0 Å². The van der Waals surface area contributed by atoms with Crippen LogP contribution in [-0.2, 0) is 6.18 Å². The van der Waals surface area contributed by atoms with Crippen molar-refractivity contribution in [3.05, 3.63) is 59.2 Å². The van der Waals surface area contributed by atoms with Crippen LogP contribution in [0.15, 0.2) is 42.5 Å². The summed E-state index contributed by atoms with van der Waals surface area (Å²) in [5.41, 5.74) is 2.14. The fourth-order valence-corrected chi connectivity index (χ4v) is 2.03. The number of halogens is 3. The molecule has 1 nitrogen and oxygen atoms in total. The van der Waals surface area contributed by atoms with Crippen LogP contribution >= 0.6 is 0 Å². The van der Waals surface area contributed by atoms with E-state index in [-0.39, 0.29) is 5.78 Å². The van der Waals surface area contributed by atoms with E-state index in [1.807, 2.05) is 6.92 Å². The molecule has 0 bridgehead atoms. The van der Waals surface area contributed by atoms with E-state index in [0.717, 1.165) is 23.3 Å². The Morgan fingerprint density at radius 3 is 2.00 bits per heavy atom. The van der Waals surface area contributed by atoms with Crippen LogP contribution in [0.3, 0.4) is 0 Å². The summed E-state index contributed by atoms with van der Waals surface area (Å²) in [6.07, 6.45) is -4.34. The minimum absolute atomic E-state index is 0.0590. The quantitative estimate of drug-likeness (QED) is 0.715. The van der Waals surface area contributed by atoms with E-state index in [0.29, 0.717) is 11.1 Å². The van der Waals surface area contributed by atoms with Crippen LogP contribution in [0.4, 0.5) is 13.2 Å². The maximum Gasteiger partial charge on any atom is 0.416 e. The van der Waals surface area contributed by atoms with Gasteiger partial charge in [-0.05, 0) is 48.7 Å². The average molecular weight is 278 g/mol. The second-order valence-corrected chi connectivity index (χ2v) is 4.66. The molecule has 0 spiro atoms. The first-order valence-electron chi connectivity index (χ1n) is 6.08. The molecule has 0 unspecified atom stereocenters. The van der Waals surface area contributed by atoms with Crippen molar-refractivity contribution in [2.75, 3.05) is 0 Å². The molecule has 2 aromatic rings. The molecule has 0 saturated carbocycles. The van der Waals surface area contributed by atoms with E-state index < -0.39 is 11.7 Å². The van der Waals surface area contributed by atoms with Crippen molar-refractivity contribution >= 4 is 5.78 Å². The Morgan fingerprint density at radius 1 is 0.950 bits per heavy atom. The zero-order chi connectivity index (χ0) is 14.9. The van der Waals surface area contributed by atoms with Gasteiger partial charge >= 0.3 is 6.18 Å². The van der Waals surface area contributed by atoms with Gasteiger partial charge in [-0.3, -0.25) is 4.79 Å². The molecular formula is C16H13F3O. The number of ketones is 1. The summed E-state index contributed by atoms with van der Waals surface area (Å²) in [7, 11) is 0. The van der Waals surface area contributed by atoms with Crippen LogP contribution in [0.2, 0.25) is 0 Å². The van der Waals surface area contributed by atoms with Gasteiger partial charge in [0.2, 0.25) is 0 Å². The molecule has 0 heterocycles. The average Bonchev–Trinajstić information content (AvgIpc) is 2.38. The van der Waals surface area contributed by atoms with Crippen LogP contribution in [0, 0.1) is 6.92 Å². The van der Waals surface area contributed by atoms with Crippen LogP contribution in [0.1, 0.15) is 28.4 Å². The zero-order valence-electron chi connectivity index (χ0n) is 11.1. The van der Waals surface area contributed by atoms with Gasteiger partial charge in [-0.25, -0.2) is 0 Å². The molecule has 0 N–H and O–H groups in total. The predicted octanol–water partition coefficient (Wildman–Crippen LogP) is 4.88. The smallest absolute Gasteiger partial charge is 0.295 e. The molecule has 0 aromatic heterocycles.